The number of rotatable bonds is 12. The largest absolute Gasteiger partial charge is 0.508 e. The number of ether oxygens (including phenoxy) is 4. The average Bonchev–Trinajstić information content (AvgIpc) is 2.86. The second kappa shape index (κ2) is 13.2. The van der Waals surface area contributed by atoms with Crippen molar-refractivity contribution in [2.24, 2.45) is 5.92 Å². The summed E-state index contributed by atoms with van der Waals surface area (Å²) in [7, 11) is 1.57. The molecule has 0 amide bonds. The van der Waals surface area contributed by atoms with Crippen LogP contribution in [0.4, 0.5) is 0 Å². The van der Waals surface area contributed by atoms with Crippen molar-refractivity contribution in [3.05, 3.63) is 53.1 Å². The van der Waals surface area contributed by atoms with E-state index < -0.39 is 16.8 Å². The highest BCUT2D eigenvalue weighted by Crippen LogP contribution is 2.43. The number of phenolic OH excluding ortho intramolecular Hbond substituents is 1. The number of ketones is 1. The molecule has 214 valence electrons. The van der Waals surface area contributed by atoms with E-state index in [1.807, 2.05) is 45.0 Å². The fraction of sp³-hybridized carbons (Fsp3) is 0.548. The van der Waals surface area contributed by atoms with E-state index in [0.29, 0.717) is 26.1 Å². The molecule has 39 heavy (non-hydrogen) atoms. The fourth-order valence-corrected chi connectivity index (χ4v) is 6.02. The Labute approximate surface area is 236 Å². The van der Waals surface area contributed by atoms with Gasteiger partial charge >= 0.3 is 5.97 Å². The van der Waals surface area contributed by atoms with Crippen molar-refractivity contribution in [3.63, 3.8) is 0 Å². The smallest absolute Gasteiger partial charge is 0.327 e. The first kappa shape index (κ1) is 31.0. The zero-order chi connectivity index (χ0) is 28.8. The zero-order valence-corrected chi connectivity index (χ0v) is 25.0. The predicted molar refractivity (Wildman–Crippen MR) is 153 cm³/mol. The minimum absolute atomic E-state index is 0.0230. The van der Waals surface area contributed by atoms with Gasteiger partial charge < -0.3 is 24.1 Å². The fourth-order valence-electron chi connectivity index (χ4n) is 4.67. The van der Waals surface area contributed by atoms with Gasteiger partial charge in [0.2, 0.25) is 0 Å². The molecule has 1 N–H and O–H groups in total. The molecule has 1 aliphatic heterocycles. The van der Waals surface area contributed by atoms with Crippen LogP contribution in [0.2, 0.25) is 0 Å². The lowest BCUT2D eigenvalue weighted by atomic mass is 9.78. The van der Waals surface area contributed by atoms with Gasteiger partial charge in [0.1, 0.15) is 30.5 Å². The lowest BCUT2D eigenvalue weighted by Gasteiger charge is -2.41. The van der Waals surface area contributed by atoms with E-state index in [9.17, 15) is 14.7 Å². The molecule has 0 saturated carbocycles. The predicted octanol–water partition coefficient (Wildman–Crippen LogP) is 6.00. The molecule has 0 radical (unpaired) electrons. The van der Waals surface area contributed by atoms with Crippen molar-refractivity contribution in [2.75, 3.05) is 27.1 Å². The van der Waals surface area contributed by atoms with E-state index in [0.717, 1.165) is 27.3 Å². The minimum Gasteiger partial charge on any atom is -0.508 e. The Morgan fingerprint density at radius 1 is 1.13 bits per heavy atom. The van der Waals surface area contributed by atoms with E-state index in [2.05, 4.69) is 20.8 Å². The van der Waals surface area contributed by atoms with Crippen molar-refractivity contribution in [1.82, 2.24) is 0 Å². The van der Waals surface area contributed by atoms with Gasteiger partial charge in [-0.1, -0.05) is 46.8 Å². The van der Waals surface area contributed by atoms with Crippen LogP contribution in [-0.2, 0) is 35.6 Å². The zero-order valence-electron chi connectivity index (χ0n) is 24.2. The maximum Gasteiger partial charge on any atom is 0.327 e. The number of aryl methyl sites for hydroxylation is 2. The summed E-state index contributed by atoms with van der Waals surface area (Å²) in [5.74, 6) is 0.339. The second-order valence-electron chi connectivity index (χ2n) is 11.5. The summed E-state index contributed by atoms with van der Waals surface area (Å²) in [6, 6.07) is 11.0. The number of hydrogen-bond acceptors (Lipinski definition) is 8. The van der Waals surface area contributed by atoms with Crippen LogP contribution in [-0.4, -0.2) is 54.8 Å². The molecule has 2 aromatic carbocycles. The van der Waals surface area contributed by atoms with Crippen LogP contribution < -0.4 is 4.74 Å². The Bertz CT molecular complexity index is 1120. The van der Waals surface area contributed by atoms with Crippen molar-refractivity contribution >= 4 is 23.5 Å². The first-order chi connectivity index (χ1) is 18.4. The summed E-state index contributed by atoms with van der Waals surface area (Å²) < 4.78 is 22.3. The Balaban J connectivity index is 1.78. The molecule has 0 aliphatic carbocycles. The van der Waals surface area contributed by atoms with Crippen LogP contribution in [0.15, 0.2) is 41.3 Å². The Hall–Kier alpha value is -2.55. The highest BCUT2D eigenvalue weighted by molar-refractivity contribution is 8.01. The molecule has 0 aromatic heterocycles. The number of methoxy groups -OCH3 is 1. The molecular formula is C31H42O7S. The molecule has 0 spiro atoms. The van der Waals surface area contributed by atoms with E-state index in [-0.39, 0.29) is 36.1 Å². The van der Waals surface area contributed by atoms with Gasteiger partial charge in [0.15, 0.2) is 11.0 Å². The molecule has 2 unspecified atom stereocenters. The van der Waals surface area contributed by atoms with Gasteiger partial charge in [-0.25, -0.2) is 0 Å². The third kappa shape index (κ3) is 7.99. The van der Waals surface area contributed by atoms with Crippen molar-refractivity contribution in [3.8, 4) is 11.5 Å². The van der Waals surface area contributed by atoms with Crippen LogP contribution in [0.1, 0.15) is 64.2 Å². The molecule has 1 saturated heterocycles. The molecule has 1 fully saturated rings. The second-order valence-corrected chi connectivity index (χ2v) is 12.6. The molecule has 1 aliphatic rings. The molecule has 3 rings (SSSR count). The van der Waals surface area contributed by atoms with Crippen molar-refractivity contribution in [1.29, 1.82) is 0 Å². The number of hydrogen-bond donors (Lipinski definition) is 1. The highest BCUT2D eigenvalue weighted by atomic mass is 32.2. The van der Waals surface area contributed by atoms with Gasteiger partial charge in [-0.05, 0) is 72.1 Å². The Morgan fingerprint density at radius 2 is 1.82 bits per heavy atom. The van der Waals surface area contributed by atoms with E-state index in [1.54, 1.807) is 19.2 Å². The maximum atomic E-state index is 13.5. The average molecular weight is 559 g/mol. The third-order valence-corrected chi connectivity index (χ3v) is 8.41. The van der Waals surface area contributed by atoms with E-state index in [4.69, 9.17) is 18.9 Å². The molecule has 2 atom stereocenters. The standard InChI is InChI=1S/C31H42O7S/c1-20(2)31(13-12-22-8-10-23(32)11-9-22)18-25(33)28(29(34)38-31)39-27-16-21(3)26(17-24(27)30(4,5)6)37-15-14-36-19-35-7/h8-11,16-17,20,28,32H,12-15,18-19H2,1-7H3. The summed E-state index contributed by atoms with van der Waals surface area (Å²) in [6.45, 7) is 13.2. The van der Waals surface area contributed by atoms with E-state index in [1.165, 1.54) is 11.8 Å². The van der Waals surface area contributed by atoms with Gasteiger partial charge in [-0.3, -0.25) is 9.59 Å². The molecule has 2 aromatic rings. The SMILES string of the molecule is COCOCCOc1cc(C(C)(C)C)c(SC2C(=O)CC(CCc3ccc(O)cc3)(C(C)C)OC2=O)cc1C. The third-order valence-electron chi connectivity index (χ3n) is 7.13. The normalized spacial score (nSPS) is 19.8. The van der Waals surface area contributed by atoms with Crippen LogP contribution in [0.3, 0.4) is 0 Å². The number of thioether (sulfide) groups is 1. The number of carbonyl (C=O) groups is 2. The van der Waals surface area contributed by atoms with E-state index >= 15 is 0 Å². The summed E-state index contributed by atoms with van der Waals surface area (Å²) >= 11 is 1.27. The van der Waals surface area contributed by atoms with Gasteiger partial charge in [0.05, 0.1) is 6.61 Å². The van der Waals surface area contributed by atoms with Crippen LogP contribution >= 0.6 is 11.8 Å². The van der Waals surface area contributed by atoms with Crippen molar-refractivity contribution in [2.45, 2.75) is 82.0 Å². The number of phenols is 1. The quantitative estimate of drug-likeness (QED) is 0.147. The van der Waals surface area contributed by atoms with Crippen LogP contribution in [0.25, 0.3) is 0 Å². The lowest BCUT2D eigenvalue weighted by Crippen LogP contribution is -2.52. The first-order valence-electron chi connectivity index (χ1n) is 13.4. The summed E-state index contributed by atoms with van der Waals surface area (Å²) in [5.41, 5.74) is 1.84. The summed E-state index contributed by atoms with van der Waals surface area (Å²) in [4.78, 5) is 27.8. The Kier molecular flexibility index (Phi) is 10.5. The van der Waals surface area contributed by atoms with Crippen molar-refractivity contribution < 1.29 is 33.6 Å². The molecular weight excluding hydrogens is 516 g/mol. The number of benzene rings is 2. The number of esters is 1. The molecule has 8 heteroatoms. The minimum atomic E-state index is -0.916. The lowest BCUT2D eigenvalue weighted by molar-refractivity contribution is -0.176. The Morgan fingerprint density at radius 3 is 2.41 bits per heavy atom. The number of cyclic esters (lactones) is 1. The van der Waals surface area contributed by atoms with Crippen LogP contribution in [0.5, 0.6) is 11.5 Å². The van der Waals surface area contributed by atoms with Crippen LogP contribution in [0, 0.1) is 12.8 Å². The number of aromatic hydroxyl groups is 1. The molecule has 7 nitrogen and oxygen atoms in total. The molecule has 0 bridgehead atoms. The summed E-state index contributed by atoms with van der Waals surface area (Å²) in [5, 5.41) is 8.65. The topological polar surface area (TPSA) is 91.3 Å². The highest BCUT2D eigenvalue weighted by Gasteiger charge is 2.49. The molecule has 1 heterocycles. The van der Waals surface area contributed by atoms with Gasteiger partial charge in [-0.2, -0.15) is 0 Å². The summed E-state index contributed by atoms with van der Waals surface area (Å²) in [6.07, 6.45) is 1.36. The number of Topliss-reactive ketones (excluding diaryl/α,β-unsaturated/α-hetero) is 1. The van der Waals surface area contributed by atoms with Gasteiger partial charge in [0, 0.05) is 18.4 Å². The first-order valence-corrected chi connectivity index (χ1v) is 14.3. The van der Waals surface area contributed by atoms with Gasteiger partial charge in [0.25, 0.3) is 0 Å². The monoisotopic (exact) mass is 558 g/mol. The maximum absolute atomic E-state index is 13.5. The van der Waals surface area contributed by atoms with Gasteiger partial charge in [-0.15, -0.1) is 11.8 Å². The number of carbonyl (C=O) groups excluding carboxylic acids is 2.